The third-order valence-corrected chi connectivity index (χ3v) is 3.47. The van der Waals surface area contributed by atoms with E-state index in [2.05, 4.69) is 10.5 Å². The van der Waals surface area contributed by atoms with E-state index < -0.39 is 17.7 Å². The summed E-state index contributed by atoms with van der Waals surface area (Å²) in [5.74, 6) is 0.128. The SMILES string of the molecule is COc1cc(C=NNC(=O)c2cccc(Cl)c2)ccc1OC(=O)OC(C)(C)C. The van der Waals surface area contributed by atoms with Crippen LogP contribution in [0.25, 0.3) is 0 Å². The van der Waals surface area contributed by atoms with E-state index in [0.717, 1.165) is 0 Å². The van der Waals surface area contributed by atoms with E-state index in [1.807, 2.05) is 0 Å². The molecule has 0 bridgehead atoms. The highest BCUT2D eigenvalue weighted by atomic mass is 35.5. The second-order valence-electron chi connectivity index (χ2n) is 6.69. The summed E-state index contributed by atoms with van der Waals surface area (Å²) in [6.07, 6.45) is 0.600. The number of rotatable bonds is 5. The van der Waals surface area contributed by atoms with Crippen molar-refractivity contribution in [2.45, 2.75) is 26.4 Å². The second-order valence-corrected chi connectivity index (χ2v) is 7.12. The Balaban J connectivity index is 2.03. The highest BCUT2D eigenvalue weighted by molar-refractivity contribution is 6.30. The van der Waals surface area contributed by atoms with Crippen LogP contribution in [-0.4, -0.2) is 31.0 Å². The zero-order valence-corrected chi connectivity index (χ0v) is 16.7. The molecule has 0 radical (unpaired) electrons. The van der Waals surface area contributed by atoms with E-state index in [9.17, 15) is 9.59 Å². The van der Waals surface area contributed by atoms with Gasteiger partial charge >= 0.3 is 6.16 Å². The third kappa shape index (κ3) is 6.59. The van der Waals surface area contributed by atoms with Gasteiger partial charge in [-0.3, -0.25) is 4.79 Å². The summed E-state index contributed by atoms with van der Waals surface area (Å²) in [4.78, 5) is 23.8. The number of halogens is 1. The van der Waals surface area contributed by atoms with Crippen LogP contribution in [0.2, 0.25) is 5.02 Å². The maximum absolute atomic E-state index is 12.0. The number of hydrogen-bond donors (Lipinski definition) is 1. The Hall–Kier alpha value is -3.06. The summed E-state index contributed by atoms with van der Waals surface area (Å²) < 4.78 is 15.5. The fourth-order valence-electron chi connectivity index (χ4n) is 2.07. The molecule has 0 atom stereocenters. The van der Waals surface area contributed by atoms with Crippen molar-refractivity contribution in [2.24, 2.45) is 5.10 Å². The zero-order chi connectivity index (χ0) is 20.7. The van der Waals surface area contributed by atoms with Gasteiger partial charge in [-0.05, 0) is 62.7 Å². The van der Waals surface area contributed by atoms with Gasteiger partial charge in [-0.1, -0.05) is 17.7 Å². The summed E-state index contributed by atoms with van der Waals surface area (Å²) >= 11 is 5.86. The maximum atomic E-state index is 12.0. The molecule has 0 saturated carbocycles. The van der Waals surface area contributed by atoms with Crippen LogP contribution in [0.5, 0.6) is 11.5 Å². The Morgan fingerprint density at radius 1 is 1.11 bits per heavy atom. The first kappa shape index (κ1) is 21.2. The molecule has 148 valence electrons. The molecular formula is C20H21ClN2O5. The molecule has 0 aliphatic rings. The van der Waals surface area contributed by atoms with Crippen molar-refractivity contribution >= 4 is 29.9 Å². The van der Waals surface area contributed by atoms with Gasteiger partial charge in [-0.2, -0.15) is 5.10 Å². The molecule has 0 aromatic heterocycles. The first-order chi connectivity index (χ1) is 13.2. The number of carbonyl (C=O) groups excluding carboxylic acids is 2. The highest BCUT2D eigenvalue weighted by Gasteiger charge is 2.19. The van der Waals surface area contributed by atoms with Crippen LogP contribution in [0, 0.1) is 0 Å². The quantitative estimate of drug-likeness (QED) is 0.345. The van der Waals surface area contributed by atoms with Crippen molar-refractivity contribution in [3.05, 3.63) is 58.6 Å². The minimum Gasteiger partial charge on any atom is -0.493 e. The molecule has 0 spiro atoms. The predicted octanol–water partition coefficient (Wildman–Crippen LogP) is 4.43. The van der Waals surface area contributed by atoms with Crippen LogP contribution in [0.1, 0.15) is 36.7 Å². The summed E-state index contributed by atoms with van der Waals surface area (Å²) in [6.45, 7) is 5.22. The number of nitrogens with zero attached hydrogens (tertiary/aromatic N) is 1. The molecule has 28 heavy (non-hydrogen) atoms. The molecule has 8 heteroatoms. The summed E-state index contributed by atoms with van der Waals surface area (Å²) in [6, 6.07) is 11.3. The van der Waals surface area contributed by atoms with Crippen LogP contribution in [-0.2, 0) is 4.74 Å². The average Bonchev–Trinajstić information content (AvgIpc) is 2.61. The van der Waals surface area contributed by atoms with Gasteiger partial charge in [0.25, 0.3) is 5.91 Å². The molecule has 2 aromatic carbocycles. The molecule has 0 unspecified atom stereocenters. The lowest BCUT2D eigenvalue weighted by atomic mass is 10.2. The fraction of sp³-hybridized carbons (Fsp3) is 0.250. The van der Waals surface area contributed by atoms with E-state index in [-0.39, 0.29) is 5.75 Å². The maximum Gasteiger partial charge on any atom is 0.514 e. The fourth-order valence-corrected chi connectivity index (χ4v) is 2.26. The van der Waals surface area contributed by atoms with Crippen LogP contribution in [0.3, 0.4) is 0 Å². The molecule has 1 N–H and O–H groups in total. The average molecular weight is 405 g/mol. The Morgan fingerprint density at radius 3 is 2.50 bits per heavy atom. The minimum atomic E-state index is -0.832. The van der Waals surface area contributed by atoms with Crippen LogP contribution < -0.4 is 14.9 Å². The third-order valence-electron chi connectivity index (χ3n) is 3.24. The number of ether oxygens (including phenoxy) is 3. The number of hydrazone groups is 1. The second kappa shape index (κ2) is 9.23. The van der Waals surface area contributed by atoms with Gasteiger partial charge in [0.15, 0.2) is 11.5 Å². The van der Waals surface area contributed by atoms with Crippen LogP contribution in [0.15, 0.2) is 47.6 Å². The lowest BCUT2D eigenvalue weighted by molar-refractivity contribution is 0.0201. The molecule has 2 rings (SSSR count). The summed E-state index contributed by atoms with van der Waals surface area (Å²) in [5.41, 5.74) is 2.76. The van der Waals surface area contributed by atoms with E-state index in [4.69, 9.17) is 25.8 Å². The monoisotopic (exact) mass is 404 g/mol. The standard InChI is InChI=1S/C20H21ClN2O5/c1-20(2,3)28-19(25)27-16-9-8-13(10-17(16)26-4)12-22-23-18(24)14-6-5-7-15(21)11-14/h5-12H,1-4H3,(H,23,24). The predicted molar refractivity (Wildman–Crippen MR) is 106 cm³/mol. The van der Waals surface area contributed by atoms with Gasteiger partial charge in [0.2, 0.25) is 0 Å². The van der Waals surface area contributed by atoms with E-state index in [0.29, 0.717) is 21.9 Å². The molecule has 0 aliphatic heterocycles. The smallest absolute Gasteiger partial charge is 0.493 e. The number of nitrogens with one attached hydrogen (secondary N) is 1. The molecule has 1 amide bonds. The zero-order valence-electron chi connectivity index (χ0n) is 16.0. The van der Waals surface area contributed by atoms with Crippen molar-refractivity contribution in [2.75, 3.05) is 7.11 Å². The van der Waals surface area contributed by atoms with Gasteiger partial charge in [-0.15, -0.1) is 0 Å². The van der Waals surface area contributed by atoms with Crippen LogP contribution in [0.4, 0.5) is 4.79 Å². The Labute approximate surface area is 168 Å². The summed E-state index contributed by atoms with van der Waals surface area (Å²) in [5, 5.41) is 4.37. The van der Waals surface area contributed by atoms with Crippen molar-refractivity contribution in [3.8, 4) is 11.5 Å². The van der Waals surface area contributed by atoms with Gasteiger partial charge in [0.1, 0.15) is 5.60 Å². The topological polar surface area (TPSA) is 86.2 Å². The van der Waals surface area contributed by atoms with Gasteiger partial charge < -0.3 is 14.2 Å². The van der Waals surface area contributed by atoms with Gasteiger partial charge in [0, 0.05) is 10.6 Å². The van der Waals surface area contributed by atoms with Crippen molar-refractivity contribution in [1.82, 2.24) is 5.43 Å². The molecular weight excluding hydrogens is 384 g/mol. The number of benzene rings is 2. The van der Waals surface area contributed by atoms with Crippen molar-refractivity contribution in [3.63, 3.8) is 0 Å². The van der Waals surface area contributed by atoms with Crippen molar-refractivity contribution < 1.29 is 23.8 Å². The lowest BCUT2D eigenvalue weighted by Crippen LogP contribution is -2.26. The molecule has 0 saturated heterocycles. The molecule has 0 heterocycles. The highest BCUT2D eigenvalue weighted by Crippen LogP contribution is 2.28. The Morgan fingerprint density at radius 2 is 1.86 bits per heavy atom. The Kier molecular flexibility index (Phi) is 7.00. The minimum absolute atomic E-state index is 0.205. The molecule has 7 nitrogen and oxygen atoms in total. The Bertz CT molecular complexity index is 890. The number of carbonyl (C=O) groups is 2. The van der Waals surface area contributed by atoms with E-state index in [1.54, 1.807) is 57.2 Å². The van der Waals surface area contributed by atoms with Gasteiger partial charge in [0.05, 0.1) is 13.3 Å². The first-order valence-electron chi connectivity index (χ1n) is 8.36. The number of amides is 1. The largest absolute Gasteiger partial charge is 0.514 e. The number of hydrogen-bond acceptors (Lipinski definition) is 6. The van der Waals surface area contributed by atoms with Crippen LogP contribution >= 0.6 is 11.6 Å². The van der Waals surface area contributed by atoms with E-state index in [1.165, 1.54) is 19.4 Å². The summed E-state index contributed by atoms with van der Waals surface area (Å²) in [7, 11) is 1.44. The number of methoxy groups -OCH3 is 1. The molecule has 0 fully saturated rings. The first-order valence-corrected chi connectivity index (χ1v) is 8.73. The molecule has 0 aliphatic carbocycles. The lowest BCUT2D eigenvalue weighted by Gasteiger charge is -2.19. The molecule has 2 aromatic rings. The van der Waals surface area contributed by atoms with Gasteiger partial charge in [-0.25, -0.2) is 10.2 Å². The van der Waals surface area contributed by atoms with E-state index >= 15 is 0 Å². The van der Waals surface area contributed by atoms with Crippen molar-refractivity contribution in [1.29, 1.82) is 0 Å². The normalized spacial score (nSPS) is 11.2.